The standard InChI is InChI=1S/C10H21N3O2S/c1-3-16-5-4-8(2)13-10(15)7-12-9(14)6-11/h8H,3-7,11H2,1-2H3,(H,12,14)(H,13,15). The monoisotopic (exact) mass is 247 g/mol. The number of carbonyl (C=O) groups excluding carboxylic acids is 2. The van der Waals surface area contributed by atoms with Crippen molar-refractivity contribution in [1.82, 2.24) is 10.6 Å². The Balaban J connectivity index is 3.57. The summed E-state index contributed by atoms with van der Waals surface area (Å²) in [7, 11) is 0. The summed E-state index contributed by atoms with van der Waals surface area (Å²) in [5.41, 5.74) is 5.09. The Morgan fingerprint density at radius 1 is 1.38 bits per heavy atom. The second-order valence-electron chi connectivity index (χ2n) is 3.44. The topological polar surface area (TPSA) is 84.2 Å². The highest BCUT2D eigenvalue weighted by atomic mass is 32.2. The van der Waals surface area contributed by atoms with Crippen LogP contribution in [0.4, 0.5) is 0 Å². The summed E-state index contributed by atoms with van der Waals surface area (Å²) < 4.78 is 0. The number of nitrogens with two attached hydrogens (primary N) is 1. The molecule has 0 fully saturated rings. The summed E-state index contributed by atoms with van der Waals surface area (Å²) in [5, 5.41) is 5.23. The van der Waals surface area contributed by atoms with Crippen molar-refractivity contribution in [2.45, 2.75) is 26.3 Å². The van der Waals surface area contributed by atoms with E-state index in [0.29, 0.717) is 0 Å². The number of rotatable bonds is 8. The summed E-state index contributed by atoms with van der Waals surface area (Å²) in [6, 6.07) is 0.140. The number of thioether (sulfide) groups is 1. The van der Waals surface area contributed by atoms with Crippen molar-refractivity contribution in [2.75, 3.05) is 24.6 Å². The molecule has 0 heterocycles. The van der Waals surface area contributed by atoms with E-state index in [1.54, 1.807) is 0 Å². The Bertz CT molecular complexity index is 224. The third-order valence-electron chi connectivity index (χ3n) is 1.94. The third-order valence-corrected chi connectivity index (χ3v) is 2.87. The lowest BCUT2D eigenvalue weighted by atomic mass is 10.2. The average molecular weight is 247 g/mol. The molecule has 0 aromatic rings. The molecule has 94 valence electrons. The van der Waals surface area contributed by atoms with Gasteiger partial charge in [0, 0.05) is 6.04 Å². The van der Waals surface area contributed by atoms with Gasteiger partial charge in [0.1, 0.15) is 0 Å². The van der Waals surface area contributed by atoms with Crippen LogP contribution in [-0.4, -0.2) is 42.5 Å². The highest BCUT2D eigenvalue weighted by molar-refractivity contribution is 7.99. The number of hydrogen-bond donors (Lipinski definition) is 3. The largest absolute Gasteiger partial charge is 0.352 e. The molecule has 0 spiro atoms. The van der Waals surface area contributed by atoms with Crippen molar-refractivity contribution < 1.29 is 9.59 Å². The molecule has 6 heteroatoms. The van der Waals surface area contributed by atoms with Crippen LogP contribution in [0.1, 0.15) is 20.3 Å². The fourth-order valence-corrected chi connectivity index (χ4v) is 1.86. The molecule has 2 amide bonds. The van der Waals surface area contributed by atoms with Gasteiger partial charge < -0.3 is 16.4 Å². The van der Waals surface area contributed by atoms with Crippen LogP contribution in [0.3, 0.4) is 0 Å². The normalized spacial score (nSPS) is 11.9. The quantitative estimate of drug-likeness (QED) is 0.515. The highest BCUT2D eigenvalue weighted by Crippen LogP contribution is 2.03. The molecular formula is C10H21N3O2S. The van der Waals surface area contributed by atoms with E-state index >= 15 is 0 Å². The molecule has 5 nitrogen and oxygen atoms in total. The van der Waals surface area contributed by atoms with Gasteiger partial charge in [-0.25, -0.2) is 0 Å². The van der Waals surface area contributed by atoms with Crippen molar-refractivity contribution in [3.63, 3.8) is 0 Å². The fourth-order valence-electron chi connectivity index (χ4n) is 1.05. The van der Waals surface area contributed by atoms with Crippen LogP contribution in [0.15, 0.2) is 0 Å². The Labute approximate surface area is 101 Å². The predicted molar refractivity (Wildman–Crippen MR) is 67.3 cm³/mol. The van der Waals surface area contributed by atoms with E-state index in [-0.39, 0.29) is 30.9 Å². The minimum atomic E-state index is -0.315. The third kappa shape index (κ3) is 8.55. The van der Waals surface area contributed by atoms with Crippen LogP contribution in [-0.2, 0) is 9.59 Å². The van der Waals surface area contributed by atoms with Gasteiger partial charge in [-0.05, 0) is 24.9 Å². The summed E-state index contributed by atoms with van der Waals surface area (Å²) in [4.78, 5) is 22.1. The highest BCUT2D eigenvalue weighted by Gasteiger charge is 2.07. The van der Waals surface area contributed by atoms with E-state index < -0.39 is 0 Å². The lowest BCUT2D eigenvalue weighted by Gasteiger charge is -2.13. The van der Waals surface area contributed by atoms with Crippen molar-refractivity contribution in [2.24, 2.45) is 5.73 Å². The maximum absolute atomic E-state index is 11.3. The molecule has 0 aliphatic rings. The molecule has 16 heavy (non-hydrogen) atoms. The van der Waals surface area contributed by atoms with E-state index in [1.165, 1.54) is 0 Å². The van der Waals surface area contributed by atoms with Crippen LogP contribution >= 0.6 is 11.8 Å². The Kier molecular flexibility index (Phi) is 9.03. The molecule has 1 atom stereocenters. The minimum absolute atomic E-state index is 0.00128. The first kappa shape index (κ1) is 15.2. The van der Waals surface area contributed by atoms with Crippen molar-refractivity contribution >= 4 is 23.6 Å². The molecule has 0 aromatic carbocycles. The van der Waals surface area contributed by atoms with E-state index in [1.807, 2.05) is 18.7 Å². The molecular weight excluding hydrogens is 226 g/mol. The van der Waals surface area contributed by atoms with Crippen LogP contribution in [0.5, 0.6) is 0 Å². The van der Waals surface area contributed by atoms with Crippen LogP contribution in [0.2, 0.25) is 0 Å². The second kappa shape index (κ2) is 9.47. The molecule has 0 saturated heterocycles. The van der Waals surface area contributed by atoms with Gasteiger partial charge in [0.15, 0.2) is 0 Å². The zero-order valence-corrected chi connectivity index (χ0v) is 10.7. The average Bonchev–Trinajstić information content (AvgIpc) is 2.26. The van der Waals surface area contributed by atoms with Crippen molar-refractivity contribution in [3.8, 4) is 0 Å². The summed E-state index contributed by atoms with van der Waals surface area (Å²) in [5.74, 6) is 1.64. The number of hydrogen-bond acceptors (Lipinski definition) is 4. The number of nitrogens with one attached hydrogen (secondary N) is 2. The van der Waals surface area contributed by atoms with Gasteiger partial charge in [-0.2, -0.15) is 11.8 Å². The maximum atomic E-state index is 11.3. The lowest BCUT2D eigenvalue weighted by molar-refractivity contribution is -0.125. The van der Waals surface area contributed by atoms with E-state index in [9.17, 15) is 9.59 Å². The Morgan fingerprint density at radius 2 is 2.06 bits per heavy atom. The zero-order valence-electron chi connectivity index (χ0n) is 9.91. The van der Waals surface area contributed by atoms with Gasteiger partial charge in [-0.15, -0.1) is 0 Å². The molecule has 0 radical (unpaired) electrons. The predicted octanol–water partition coefficient (Wildman–Crippen LogP) is -0.291. The van der Waals surface area contributed by atoms with Gasteiger partial charge in [-0.3, -0.25) is 9.59 Å². The van der Waals surface area contributed by atoms with Crippen molar-refractivity contribution in [3.05, 3.63) is 0 Å². The SMILES string of the molecule is CCSCCC(C)NC(=O)CNC(=O)CN. The molecule has 0 aromatic heterocycles. The van der Waals surface area contributed by atoms with Gasteiger partial charge in [0.05, 0.1) is 13.1 Å². The Hall–Kier alpha value is -0.750. The molecule has 0 aliphatic carbocycles. The molecule has 1 unspecified atom stereocenters. The van der Waals surface area contributed by atoms with Crippen LogP contribution in [0, 0.1) is 0 Å². The fraction of sp³-hybridized carbons (Fsp3) is 0.800. The number of carbonyl (C=O) groups is 2. The van der Waals surface area contributed by atoms with E-state index in [0.717, 1.165) is 17.9 Å². The molecule has 0 rings (SSSR count). The first-order valence-electron chi connectivity index (χ1n) is 5.44. The minimum Gasteiger partial charge on any atom is -0.352 e. The summed E-state index contributed by atoms with van der Waals surface area (Å²) in [6.45, 7) is 3.98. The molecule has 4 N–H and O–H groups in total. The van der Waals surface area contributed by atoms with E-state index in [2.05, 4.69) is 17.6 Å². The summed E-state index contributed by atoms with van der Waals surface area (Å²) in [6.07, 6.45) is 0.940. The number of amides is 2. The Morgan fingerprint density at radius 3 is 2.62 bits per heavy atom. The maximum Gasteiger partial charge on any atom is 0.239 e. The van der Waals surface area contributed by atoms with Crippen molar-refractivity contribution in [1.29, 1.82) is 0 Å². The summed E-state index contributed by atoms with van der Waals surface area (Å²) >= 11 is 1.85. The van der Waals surface area contributed by atoms with Crippen LogP contribution < -0.4 is 16.4 Å². The van der Waals surface area contributed by atoms with Gasteiger partial charge in [-0.1, -0.05) is 6.92 Å². The smallest absolute Gasteiger partial charge is 0.239 e. The molecule has 0 aliphatic heterocycles. The molecule has 0 saturated carbocycles. The molecule has 0 bridgehead atoms. The first-order valence-corrected chi connectivity index (χ1v) is 6.59. The zero-order chi connectivity index (χ0) is 12.4. The van der Waals surface area contributed by atoms with Gasteiger partial charge >= 0.3 is 0 Å². The van der Waals surface area contributed by atoms with Gasteiger partial charge in [0.2, 0.25) is 11.8 Å². The lowest BCUT2D eigenvalue weighted by Crippen LogP contribution is -2.42. The first-order chi connectivity index (χ1) is 7.60. The van der Waals surface area contributed by atoms with Gasteiger partial charge in [0.25, 0.3) is 0 Å². The van der Waals surface area contributed by atoms with E-state index in [4.69, 9.17) is 5.73 Å². The van der Waals surface area contributed by atoms with Crippen LogP contribution in [0.25, 0.3) is 0 Å². The second-order valence-corrected chi connectivity index (χ2v) is 4.83.